The summed E-state index contributed by atoms with van der Waals surface area (Å²) in [6.07, 6.45) is 1.59. The van der Waals surface area contributed by atoms with Crippen LogP contribution in [0, 0.1) is 0 Å². The minimum absolute atomic E-state index is 0.135. The van der Waals surface area contributed by atoms with Crippen LogP contribution in [0.15, 0.2) is 52.2 Å². The molecule has 3 rings (SSSR count). The Bertz CT molecular complexity index is 876. The van der Waals surface area contributed by atoms with Crippen LogP contribution in [0.1, 0.15) is 13.8 Å². The van der Waals surface area contributed by atoms with Gasteiger partial charge in [0, 0.05) is 7.05 Å². The lowest BCUT2D eigenvalue weighted by atomic mass is 10.3. The van der Waals surface area contributed by atoms with E-state index in [0.717, 1.165) is 0 Å². The number of nitrogens with one attached hydrogen (secondary N) is 1. The second-order valence-corrected chi connectivity index (χ2v) is 6.83. The van der Waals surface area contributed by atoms with E-state index in [0.29, 0.717) is 34.8 Å². The Balaban J connectivity index is 1.69. The number of aromatic nitrogens is 3. The molecule has 2 heterocycles. The third-order valence-electron chi connectivity index (χ3n) is 3.67. The van der Waals surface area contributed by atoms with Crippen LogP contribution < -0.4 is 10.1 Å². The van der Waals surface area contributed by atoms with Crippen LogP contribution in [0.2, 0.25) is 0 Å². The highest BCUT2D eigenvalue weighted by atomic mass is 32.2. The number of benzene rings is 1. The summed E-state index contributed by atoms with van der Waals surface area (Å²) in [6, 6.07) is 11.0. The van der Waals surface area contributed by atoms with E-state index in [-0.39, 0.29) is 11.2 Å². The zero-order chi connectivity index (χ0) is 18.5. The maximum atomic E-state index is 12.6. The zero-order valence-electron chi connectivity index (χ0n) is 14.8. The van der Waals surface area contributed by atoms with Crippen molar-refractivity contribution in [2.75, 3.05) is 11.9 Å². The number of thioether (sulfide) groups is 1. The number of amides is 1. The third kappa shape index (κ3) is 3.91. The maximum Gasteiger partial charge on any atom is 0.237 e. The first-order valence-corrected chi connectivity index (χ1v) is 9.10. The molecule has 1 atom stereocenters. The summed E-state index contributed by atoms with van der Waals surface area (Å²) in [5, 5.41) is 11.5. The topological polar surface area (TPSA) is 82.2 Å². The van der Waals surface area contributed by atoms with E-state index in [1.165, 1.54) is 11.8 Å². The molecule has 1 amide bonds. The number of hydrogen-bond acceptors (Lipinski definition) is 6. The molecule has 0 fully saturated rings. The number of ether oxygens (including phenoxy) is 1. The second-order valence-electron chi connectivity index (χ2n) is 5.52. The second kappa shape index (κ2) is 8.09. The fraction of sp³-hybridized carbons (Fsp3) is 0.278. The molecule has 8 heteroatoms. The molecule has 0 saturated heterocycles. The Morgan fingerprint density at radius 2 is 2.12 bits per heavy atom. The molecular formula is C18H20N4O3S. The van der Waals surface area contributed by atoms with Gasteiger partial charge in [0.1, 0.15) is 5.75 Å². The van der Waals surface area contributed by atoms with Gasteiger partial charge in [0.25, 0.3) is 0 Å². The first-order valence-electron chi connectivity index (χ1n) is 8.22. The summed E-state index contributed by atoms with van der Waals surface area (Å²) >= 11 is 1.33. The smallest absolute Gasteiger partial charge is 0.237 e. The van der Waals surface area contributed by atoms with Crippen molar-refractivity contribution in [1.29, 1.82) is 0 Å². The van der Waals surface area contributed by atoms with Crippen molar-refractivity contribution in [2.24, 2.45) is 7.05 Å². The van der Waals surface area contributed by atoms with Crippen LogP contribution in [0.25, 0.3) is 11.6 Å². The molecule has 0 aliphatic carbocycles. The Hall–Kier alpha value is -2.74. The quantitative estimate of drug-likeness (QED) is 0.638. The van der Waals surface area contributed by atoms with Gasteiger partial charge < -0.3 is 19.0 Å². The van der Waals surface area contributed by atoms with Crippen molar-refractivity contribution in [3.05, 3.63) is 42.7 Å². The highest BCUT2D eigenvalue weighted by Crippen LogP contribution is 2.28. The predicted molar refractivity (Wildman–Crippen MR) is 100 cm³/mol. The van der Waals surface area contributed by atoms with E-state index in [9.17, 15) is 4.79 Å². The minimum Gasteiger partial charge on any atom is -0.492 e. The molecule has 0 saturated carbocycles. The van der Waals surface area contributed by atoms with E-state index in [2.05, 4.69) is 15.5 Å². The normalized spacial score (nSPS) is 12.0. The number of furan rings is 1. The summed E-state index contributed by atoms with van der Waals surface area (Å²) in [5.41, 5.74) is 0.654. The maximum absolute atomic E-state index is 12.6. The van der Waals surface area contributed by atoms with E-state index in [1.807, 2.05) is 51.2 Å². The Labute approximate surface area is 155 Å². The standard InChI is InChI=1S/C18H20N4O3S/c1-4-24-14-9-6-5-8-13(14)19-17(23)12(2)26-18-21-20-16(22(18)3)15-10-7-11-25-15/h5-12H,4H2,1-3H3,(H,19,23)/t12-/m0/s1. The largest absolute Gasteiger partial charge is 0.492 e. The fourth-order valence-corrected chi connectivity index (χ4v) is 3.15. The highest BCUT2D eigenvalue weighted by Gasteiger charge is 2.21. The van der Waals surface area contributed by atoms with Crippen molar-refractivity contribution in [1.82, 2.24) is 14.8 Å². The lowest BCUT2D eigenvalue weighted by molar-refractivity contribution is -0.115. The minimum atomic E-state index is -0.364. The lowest BCUT2D eigenvalue weighted by Gasteiger charge is -2.14. The van der Waals surface area contributed by atoms with E-state index >= 15 is 0 Å². The predicted octanol–water partition coefficient (Wildman–Crippen LogP) is 3.59. The van der Waals surface area contributed by atoms with E-state index in [4.69, 9.17) is 9.15 Å². The Morgan fingerprint density at radius 1 is 1.31 bits per heavy atom. The summed E-state index contributed by atoms with van der Waals surface area (Å²) in [7, 11) is 1.84. The molecule has 3 aromatic rings. The average Bonchev–Trinajstić information content (AvgIpc) is 3.27. The average molecular weight is 372 g/mol. The van der Waals surface area contributed by atoms with Gasteiger partial charge in [-0.2, -0.15) is 0 Å². The van der Waals surface area contributed by atoms with Crippen molar-refractivity contribution in [3.63, 3.8) is 0 Å². The van der Waals surface area contributed by atoms with Gasteiger partial charge in [-0.05, 0) is 38.1 Å². The van der Waals surface area contributed by atoms with Crippen LogP contribution in [0.4, 0.5) is 5.69 Å². The van der Waals surface area contributed by atoms with Gasteiger partial charge in [-0.3, -0.25) is 4.79 Å². The molecule has 0 aliphatic heterocycles. The molecule has 0 radical (unpaired) electrons. The van der Waals surface area contributed by atoms with Gasteiger partial charge in [-0.25, -0.2) is 0 Å². The van der Waals surface area contributed by atoms with Gasteiger partial charge >= 0.3 is 0 Å². The van der Waals surface area contributed by atoms with Crippen molar-refractivity contribution >= 4 is 23.4 Å². The molecule has 0 aliphatic rings. The molecule has 1 aromatic carbocycles. The number of para-hydroxylation sites is 2. The van der Waals surface area contributed by atoms with Crippen LogP contribution in [-0.2, 0) is 11.8 Å². The number of carbonyl (C=O) groups is 1. The number of anilines is 1. The molecule has 2 aromatic heterocycles. The van der Waals surface area contributed by atoms with Gasteiger partial charge in [-0.15, -0.1) is 10.2 Å². The fourth-order valence-electron chi connectivity index (χ4n) is 2.34. The number of nitrogens with zero attached hydrogens (tertiary/aromatic N) is 3. The lowest BCUT2D eigenvalue weighted by Crippen LogP contribution is -2.23. The number of rotatable bonds is 7. The van der Waals surface area contributed by atoms with Crippen molar-refractivity contribution in [2.45, 2.75) is 24.3 Å². The molecule has 0 spiro atoms. The van der Waals surface area contributed by atoms with Crippen LogP contribution in [0.3, 0.4) is 0 Å². The monoisotopic (exact) mass is 372 g/mol. The zero-order valence-corrected chi connectivity index (χ0v) is 15.6. The van der Waals surface area contributed by atoms with Gasteiger partial charge in [0.2, 0.25) is 5.91 Å². The van der Waals surface area contributed by atoms with Crippen LogP contribution in [-0.4, -0.2) is 32.5 Å². The van der Waals surface area contributed by atoms with E-state index < -0.39 is 0 Å². The third-order valence-corrected chi connectivity index (χ3v) is 4.81. The van der Waals surface area contributed by atoms with E-state index in [1.54, 1.807) is 16.9 Å². The molecule has 7 nitrogen and oxygen atoms in total. The van der Waals surface area contributed by atoms with Gasteiger partial charge in [0.15, 0.2) is 16.7 Å². The highest BCUT2D eigenvalue weighted by molar-refractivity contribution is 8.00. The number of hydrogen-bond donors (Lipinski definition) is 1. The van der Waals surface area contributed by atoms with Gasteiger partial charge in [0.05, 0.1) is 23.8 Å². The Kier molecular flexibility index (Phi) is 5.62. The summed E-state index contributed by atoms with van der Waals surface area (Å²) in [6.45, 7) is 4.26. The molecule has 0 bridgehead atoms. The molecule has 1 N–H and O–H groups in total. The van der Waals surface area contributed by atoms with Crippen molar-refractivity contribution in [3.8, 4) is 17.3 Å². The van der Waals surface area contributed by atoms with Crippen molar-refractivity contribution < 1.29 is 13.9 Å². The molecular weight excluding hydrogens is 352 g/mol. The first kappa shape index (κ1) is 18.1. The summed E-state index contributed by atoms with van der Waals surface area (Å²) in [4.78, 5) is 12.6. The molecule has 26 heavy (non-hydrogen) atoms. The number of carbonyl (C=O) groups excluding carboxylic acids is 1. The van der Waals surface area contributed by atoms with Gasteiger partial charge in [-0.1, -0.05) is 23.9 Å². The first-order chi connectivity index (χ1) is 12.6. The Morgan fingerprint density at radius 3 is 2.85 bits per heavy atom. The van der Waals surface area contributed by atoms with Crippen LogP contribution >= 0.6 is 11.8 Å². The molecule has 0 unspecified atom stereocenters. The SMILES string of the molecule is CCOc1ccccc1NC(=O)[C@H](C)Sc1nnc(-c2ccco2)n1C. The molecule has 136 valence electrons. The summed E-state index contributed by atoms with van der Waals surface area (Å²) in [5.74, 6) is 1.77. The summed E-state index contributed by atoms with van der Waals surface area (Å²) < 4.78 is 12.7. The van der Waals surface area contributed by atoms with Crippen LogP contribution in [0.5, 0.6) is 5.75 Å².